The normalized spacial score (nSPS) is 16.8. The maximum Gasteiger partial charge on any atom is 0.314 e. The van der Waals surface area contributed by atoms with Gasteiger partial charge in [0.05, 0.1) is 25.4 Å². The second-order valence-corrected chi connectivity index (χ2v) is 5.46. The molecule has 0 aromatic rings. The fourth-order valence-electron chi connectivity index (χ4n) is 3.16. The van der Waals surface area contributed by atoms with Crippen molar-refractivity contribution in [2.45, 2.75) is 39.5 Å². The maximum atomic E-state index is 11.5. The summed E-state index contributed by atoms with van der Waals surface area (Å²) in [5.41, 5.74) is 6.57. The number of hydrogen-bond acceptors (Lipinski definition) is 4. The molecule has 0 spiro atoms. The van der Waals surface area contributed by atoms with Gasteiger partial charge < -0.3 is 9.15 Å². The Morgan fingerprint density at radius 1 is 1.00 bits per heavy atom. The lowest BCUT2D eigenvalue weighted by Crippen LogP contribution is -2.24. The zero-order valence-electron chi connectivity index (χ0n) is 11.8. The van der Waals surface area contributed by atoms with Crippen molar-refractivity contribution in [2.24, 2.45) is 0 Å². The molecule has 0 saturated carbocycles. The van der Waals surface area contributed by atoms with E-state index in [1.165, 1.54) is 0 Å². The minimum atomic E-state index is -0.434. The molecular weight excluding hydrogens is 256 g/mol. The summed E-state index contributed by atoms with van der Waals surface area (Å²) in [5.74, 6) is -0.965. The van der Waals surface area contributed by atoms with Gasteiger partial charge >= 0.3 is 11.9 Å². The molecule has 1 aliphatic carbocycles. The van der Waals surface area contributed by atoms with Gasteiger partial charge in [-0.05, 0) is 48.6 Å². The molecule has 4 heteroatoms. The van der Waals surface area contributed by atoms with Crippen LogP contribution >= 0.6 is 0 Å². The average molecular weight is 272 g/mol. The summed E-state index contributed by atoms with van der Waals surface area (Å²) in [4.78, 5) is 23.1. The first-order chi connectivity index (χ1) is 9.49. The highest BCUT2D eigenvalue weighted by molar-refractivity contribution is 5.91. The Morgan fingerprint density at radius 2 is 1.65 bits per heavy atom. The SMILES string of the molecule is Cc1cocc2c(C)c(C)c(C3CC(=O)OC(=O)C3)c1-2. The molecule has 0 aromatic heterocycles. The van der Waals surface area contributed by atoms with Gasteiger partial charge in [0, 0.05) is 11.5 Å². The van der Waals surface area contributed by atoms with Crippen molar-refractivity contribution < 1.29 is 18.7 Å². The summed E-state index contributed by atoms with van der Waals surface area (Å²) in [6, 6.07) is 0. The zero-order chi connectivity index (χ0) is 14.4. The van der Waals surface area contributed by atoms with Crippen molar-refractivity contribution in [3.8, 4) is 11.1 Å². The van der Waals surface area contributed by atoms with Crippen LogP contribution in [-0.4, -0.2) is 11.9 Å². The van der Waals surface area contributed by atoms with Crippen LogP contribution in [0.5, 0.6) is 0 Å². The molecule has 0 atom stereocenters. The molecule has 0 bridgehead atoms. The standard InChI is InChI=1S/C16H16O4/c1-8-6-19-7-12-9(2)10(3)16(15(8)12)11-4-13(17)20-14(18)5-11/h6-7,11H,4-5H2,1-3H3. The van der Waals surface area contributed by atoms with Crippen molar-refractivity contribution in [1.29, 1.82) is 0 Å². The van der Waals surface area contributed by atoms with Gasteiger partial charge in [-0.3, -0.25) is 9.59 Å². The molecule has 0 aromatic carbocycles. The van der Waals surface area contributed by atoms with E-state index >= 15 is 0 Å². The van der Waals surface area contributed by atoms with Crippen LogP contribution in [-0.2, 0) is 14.3 Å². The maximum absolute atomic E-state index is 11.5. The third-order valence-corrected chi connectivity index (χ3v) is 4.20. The van der Waals surface area contributed by atoms with Gasteiger partial charge in [-0.25, -0.2) is 0 Å². The zero-order valence-corrected chi connectivity index (χ0v) is 11.8. The number of rotatable bonds is 1. The van der Waals surface area contributed by atoms with Crippen LogP contribution in [0.2, 0.25) is 0 Å². The molecule has 104 valence electrons. The predicted molar refractivity (Wildman–Crippen MR) is 72.6 cm³/mol. The van der Waals surface area contributed by atoms with Crippen LogP contribution in [0, 0.1) is 20.8 Å². The Labute approximate surface area is 117 Å². The highest BCUT2D eigenvalue weighted by atomic mass is 16.6. The van der Waals surface area contributed by atoms with Crippen LogP contribution in [0.25, 0.3) is 11.1 Å². The first-order valence-corrected chi connectivity index (χ1v) is 6.68. The van der Waals surface area contributed by atoms with Gasteiger partial charge in [-0.2, -0.15) is 0 Å². The second-order valence-electron chi connectivity index (χ2n) is 5.46. The van der Waals surface area contributed by atoms with Gasteiger partial charge in [0.15, 0.2) is 0 Å². The molecular formula is C16H16O4. The molecule has 4 nitrogen and oxygen atoms in total. The molecule has 1 fully saturated rings. The number of hydrogen-bond donors (Lipinski definition) is 0. The van der Waals surface area contributed by atoms with Crippen LogP contribution in [0.3, 0.4) is 0 Å². The van der Waals surface area contributed by atoms with Gasteiger partial charge in [0.2, 0.25) is 0 Å². The first kappa shape index (κ1) is 12.9. The largest absolute Gasteiger partial charge is 0.472 e. The topological polar surface area (TPSA) is 56.5 Å². The summed E-state index contributed by atoms with van der Waals surface area (Å²) in [7, 11) is 0. The van der Waals surface area contributed by atoms with Gasteiger partial charge in [-0.1, -0.05) is 0 Å². The average Bonchev–Trinajstić information content (AvgIpc) is 2.63. The lowest BCUT2D eigenvalue weighted by Gasteiger charge is -2.22. The summed E-state index contributed by atoms with van der Waals surface area (Å²) < 4.78 is 9.97. The Balaban J connectivity index is 2.19. The second kappa shape index (κ2) is 4.47. The fourth-order valence-corrected chi connectivity index (χ4v) is 3.16. The highest BCUT2D eigenvalue weighted by Gasteiger charge is 2.33. The van der Waals surface area contributed by atoms with E-state index in [1.807, 2.05) is 20.8 Å². The van der Waals surface area contributed by atoms with E-state index in [4.69, 9.17) is 4.42 Å². The summed E-state index contributed by atoms with van der Waals surface area (Å²) in [5, 5.41) is 0. The number of ether oxygens (including phenoxy) is 1. The van der Waals surface area contributed by atoms with Gasteiger partial charge in [0.25, 0.3) is 0 Å². The highest BCUT2D eigenvalue weighted by Crippen LogP contribution is 2.45. The smallest absolute Gasteiger partial charge is 0.314 e. The van der Waals surface area contributed by atoms with E-state index in [9.17, 15) is 9.59 Å². The van der Waals surface area contributed by atoms with E-state index in [2.05, 4.69) is 4.74 Å². The van der Waals surface area contributed by atoms with Crippen LogP contribution in [0.1, 0.15) is 41.0 Å². The van der Waals surface area contributed by atoms with E-state index in [0.29, 0.717) is 0 Å². The molecule has 2 heterocycles. The molecule has 1 saturated heterocycles. The number of fused-ring (bicyclic) bond motifs is 1. The number of carbonyl (C=O) groups excluding carboxylic acids is 2. The third-order valence-electron chi connectivity index (χ3n) is 4.20. The predicted octanol–water partition coefficient (Wildman–Crippen LogP) is 3.26. The summed E-state index contributed by atoms with van der Waals surface area (Å²) in [6.45, 7) is 6.06. The number of aryl methyl sites for hydroxylation is 1. The third kappa shape index (κ3) is 1.83. The first-order valence-electron chi connectivity index (χ1n) is 6.68. The minimum Gasteiger partial charge on any atom is -0.472 e. The minimum absolute atomic E-state index is 0.0963. The van der Waals surface area contributed by atoms with Crippen molar-refractivity contribution in [3.63, 3.8) is 0 Å². The van der Waals surface area contributed by atoms with Crippen LogP contribution in [0.15, 0.2) is 16.9 Å². The number of cyclic esters (lactones) is 2. The summed E-state index contributed by atoms with van der Waals surface area (Å²) in [6.07, 6.45) is 3.96. The summed E-state index contributed by atoms with van der Waals surface area (Å²) >= 11 is 0. The van der Waals surface area contributed by atoms with Crippen LogP contribution < -0.4 is 0 Å². The molecule has 2 aliphatic heterocycles. The van der Waals surface area contributed by atoms with Crippen molar-refractivity contribution in [3.05, 3.63) is 34.8 Å². The monoisotopic (exact) mass is 272 g/mol. The van der Waals surface area contributed by atoms with E-state index in [1.54, 1.807) is 12.5 Å². The molecule has 0 radical (unpaired) electrons. The van der Waals surface area contributed by atoms with Crippen molar-refractivity contribution in [2.75, 3.05) is 0 Å². The van der Waals surface area contributed by atoms with E-state index in [-0.39, 0.29) is 18.8 Å². The van der Waals surface area contributed by atoms with Crippen molar-refractivity contribution >= 4 is 11.9 Å². The van der Waals surface area contributed by atoms with Crippen molar-refractivity contribution in [1.82, 2.24) is 0 Å². The molecule has 0 N–H and O–H groups in total. The van der Waals surface area contributed by atoms with E-state index in [0.717, 1.165) is 33.4 Å². The lowest BCUT2D eigenvalue weighted by molar-refractivity contribution is -0.163. The van der Waals surface area contributed by atoms with Crippen LogP contribution in [0.4, 0.5) is 0 Å². The number of carbonyl (C=O) groups is 2. The molecule has 3 aliphatic rings. The Morgan fingerprint density at radius 3 is 2.30 bits per heavy atom. The fraction of sp³-hybridized carbons (Fsp3) is 0.375. The lowest BCUT2D eigenvalue weighted by atomic mass is 9.86. The Kier molecular flexibility index (Phi) is 2.89. The Hall–Kier alpha value is -2.10. The molecule has 0 amide bonds. The van der Waals surface area contributed by atoms with Gasteiger partial charge in [0.1, 0.15) is 0 Å². The quantitative estimate of drug-likeness (QED) is 0.590. The Bertz CT molecular complexity index is 664. The van der Waals surface area contributed by atoms with E-state index < -0.39 is 11.9 Å². The van der Waals surface area contributed by atoms with Gasteiger partial charge in [-0.15, -0.1) is 0 Å². The number of esters is 2. The molecule has 0 unspecified atom stereocenters. The molecule has 20 heavy (non-hydrogen) atoms. The molecule has 3 rings (SSSR count).